The molecule has 14 heteroatoms. The summed E-state index contributed by atoms with van der Waals surface area (Å²) in [7, 11) is -4.44. The predicted molar refractivity (Wildman–Crippen MR) is 164 cm³/mol. The first-order chi connectivity index (χ1) is 21.1. The van der Waals surface area contributed by atoms with E-state index in [4.69, 9.17) is 21.6 Å². The number of aliphatic carboxylic acids is 1. The summed E-state index contributed by atoms with van der Waals surface area (Å²) in [6, 6.07) is 18.8. The van der Waals surface area contributed by atoms with Crippen LogP contribution in [0, 0.1) is 11.3 Å². The second-order valence-electron chi connectivity index (χ2n) is 9.94. The number of nitriles is 1. The van der Waals surface area contributed by atoms with Crippen molar-refractivity contribution in [3.8, 4) is 6.07 Å². The van der Waals surface area contributed by atoms with Crippen molar-refractivity contribution in [1.29, 1.82) is 5.26 Å². The third-order valence-electron chi connectivity index (χ3n) is 7.03. The van der Waals surface area contributed by atoms with Crippen LogP contribution >= 0.6 is 22.9 Å². The maximum Gasteiger partial charge on any atom is 0.412 e. The summed E-state index contributed by atoms with van der Waals surface area (Å²) in [6.07, 6.45) is -0.617. The molecule has 1 aliphatic heterocycles. The number of hydrogen-bond donors (Lipinski definition) is 2. The molecule has 2 heterocycles. The fourth-order valence-corrected chi connectivity index (χ4v) is 7.48. The lowest BCUT2D eigenvalue weighted by Crippen LogP contribution is -2.47. The number of nitrogens with zero attached hydrogens (tertiary/aromatic N) is 3. The molecule has 0 radical (unpaired) electrons. The van der Waals surface area contributed by atoms with E-state index in [9.17, 15) is 27.9 Å². The molecule has 1 saturated heterocycles. The number of amides is 2. The molecule has 0 unspecified atom stereocenters. The monoisotopic (exact) mass is 652 g/mol. The van der Waals surface area contributed by atoms with Crippen molar-refractivity contribution >= 4 is 67.4 Å². The molecule has 3 aromatic carbocycles. The van der Waals surface area contributed by atoms with Crippen molar-refractivity contribution in [2.24, 2.45) is 0 Å². The van der Waals surface area contributed by atoms with E-state index in [1.54, 1.807) is 17.5 Å². The molecule has 44 heavy (non-hydrogen) atoms. The van der Waals surface area contributed by atoms with Crippen molar-refractivity contribution in [3.05, 3.63) is 93.1 Å². The molecule has 226 valence electrons. The number of carboxylic acid groups (broad SMARTS) is 1. The molecule has 0 aliphatic carbocycles. The van der Waals surface area contributed by atoms with Gasteiger partial charge in [-0.1, -0.05) is 54.1 Å². The Kier molecular flexibility index (Phi) is 9.17. The van der Waals surface area contributed by atoms with Crippen molar-refractivity contribution in [2.45, 2.75) is 30.5 Å². The van der Waals surface area contributed by atoms with Gasteiger partial charge in [0, 0.05) is 18.5 Å². The van der Waals surface area contributed by atoms with Crippen LogP contribution in [0.1, 0.15) is 22.4 Å². The van der Waals surface area contributed by atoms with Crippen LogP contribution in [0.3, 0.4) is 0 Å². The Morgan fingerprint density at radius 1 is 1.14 bits per heavy atom. The van der Waals surface area contributed by atoms with Gasteiger partial charge in [0.2, 0.25) is 15.9 Å². The minimum absolute atomic E-state index is 0.0588. The van der Waals surface area contributed by atoms with Gasteiger partial charge in [0.1, 0.15) is 30.1 Å². The van der Waals surface area contributed by atoms with E-state index in [-0.39, 0.29) is 41.7 Å². The largest absolute Gasteiger partial charge is 0.480 e. The standard InChI is InChI=1S/C30H25ClN4O7S2/c31-28-24-8-7-23(13-21(24)6-9-25(28)33-30(39)42-17-19-4-2-1-3-5-19)44(40,41)35(16-27(36)37)26-10-11-34(29(26)38)15-20-12-22(14-32)43-18-20/h1-9,12-13,18,26H,10-11,15-17H2,(H,33,39)(H,36,37)/t26-/m0/s1. The lowest BCUT2D eigenvalue weighted by molar-refractivity contribution is -0.138. The minimum atomic E-state index is -4.44. The molecule has 1 atom stereocenters. The van der Waals surface area contributed by atoms with Gasteiger partial charge in [-0.2, -0.15) is 9.57 Å². The van der Waals surface area contributed by atoms with Crippen LogP contribution in [0.25, 0.3) is 10.8 Å². The van der Waals surface area contributed by atoms with Gasteiger partial charge in [-0.15, -0.1) is 11.3 Å². The molecule has 1 aromatic heterocycles. The average molecular weight is 653 g/mol. The number of carboxylic acids is 1. The fraction of sp³-hybridized carbons (Fsp3) is 0.200. The number of carbonyl (C=O) groups is 3. The van der Waals surface area contributed by atoms with Crippen LogP contribution in [0.2, 0.25) is 5.02 Å². The van der Waals surface area contributed by atoms with Crippen LogP contribution in [-0.2, 0) is 37.5 Å². The van der Waals surface area contributed by atoms with Gasteiger partial charge in [0.25, 0.3) is 0 Å². The number of sulfonamides is 1. The molecule has 1 fully saturated rings. The zero-order valence-corrected chi connectivity index (χ0v) is 25.4. The van der Waals surface area contributed by atoms with Crippen molar-refractivity contribution < 1.29 is 32.6 Å². The third kappa shape index (κ3) is 6.68. The van der Waals surface area contributed by atoms with Crippen LogP contribution < -0.4 is 5.32 Å². The van der Waals surface area contributed by atoms with E-state index < -0.39 is 40.6 Å². The molecule has 0 spiro atoms. The molecule has 4 aromatic rings. The van der Waals surface area contributed by atoms with Crippen LogP contribution in [0.4, 0.5) is 10.5 Å². The Hall–Kier alpha value is -4.48. The molecule has 0 saturated carbocycles. The number of likely N-dealkylation sites (tertiary alicyclic amines) is 1. The number of fused-ring (bicyclic) bond motifs is 1. The normalized spacial score (nSPS) is 15.0. The number of hydrogen-bond acceptors (Lipinski definition) is 8. The number of halogens is 1. The first-order valence-electron chi connectivity index (χ1n) is 13.3. The summed E-state index contributed by atoms with van der Waals surface area (Å²) in [5.41, 5.74) is 1.80. The van der Waals surface area contributed by atoms with Gasteiger partial charge in [-0.05, 0) is 52.6 Å². The average Bonchev–Trinajstić information content (AvgIpc) is 3.62. The molecule has 2 N–H and O–H groups in total. The van der Waals surface area contributed by atoms with E-state index in [0.29, 0.717) is 20.0 Å². The summed E-state index contributed by atoms with van der Waals surface area (Å²) in [6.45, 7) is -0.442. The Balaban J connectivity index is 1.35. The Morgan fingerprint density at radius 2 is 1.91 bits per heavy atom. The summed E-state index contributed by atoms with van der Waals surface area (Å²) < 4.78 is 33.5. The number of anilines is 1. The van der Waals surface area contributed by atoms with Crippen LogP contribution in [0.5, 0.6) is 0 Å². The molecule has 0 bridgehead atoms. The highest BCUT2D eigenvalue weighted by Gasteiger charge is 2.43. The highest BCUT2D eigenvalue weighted by atomic mass is 35.5. The van der Waals surface area contributed by atoms with Crippen molar-refractivity contribution in [3.63, 3.8) is 0 Å². The highest BCUT2D eigenvalue weighted by molar-refractivity contribution is 7.89. The van der Waals surface area contributed by atoms with Gasteiger partial charge >= 0.3 is 12.1 Å². The summed E-state index contributed by atoms with van der Waals surface area (Å²) in [4.78, 5) is 39.1. The molecular formula is C30H25ClN4O7S2. The quantitative estimate of drug-likeness (QED) is 0.241. The van der Waals surface area contributed by atoms with E-state index in [1.807, 2.05) is 36.4 Å². The number of benzene rings is 3. The van der Waals surface area contributed by atoms with Gasteiger partial charge in [0.05, 0.1) is 15.6 Å². The fourth-order valence-electron chi connectivity index (χ4n) is 4.91. The number of thiophene rings is 1. The molecule has 1 aliphatic rings. The Morgan fingerprint density at radius 3 is 2.61 bits per heavy atom. The summed E-state index contributed by atoms with van der Waals surface area (Å²) >= 11 is 7.78. The first-order valence-corrected chi connectivity index (χ1v) is 16.0. The van der Waals surface area contributed by atoms with E-state index in [0.717, 1.165) is 11.1 Å². The molecule has 2 amide bonds. The number of carbonyl (C=O) groups excluding carboxylic acids is 2. The van der Waals surface area contributed by atoms with E-state index in [2.05, 4.69) is 5.32 Å². The van der Waals surface area contributed by atoms with Crippen LogP contribution in [-0.4, -0.2) is 59.8 Å². The van der Waals surface area contributed by atoms with E-state index in [1.165, 1.54) is 40.5 Å². The molecule has 11 nitrogen and oxygen atoms in total. The predicted octanol–water partition coefficient (Wildman–Crippen LogP) is 5.05. The van der Waals surface area contributed by atoms with Gasteiger partial charge in [-0.25, -0.2) is 13.2 Å². The second-order valence-corrected chi connectivity index (χ2v) is 13.1. The van der Waals surface area contributed by atoms with Crippen LogP contribution in [0.15, 0.2) is 77.0 Å². The van der Waals surface area contributed by atoms with Gasteiger partial charge < -0.3 is 14.7 Å². The van der Waals surface area contributed by atoms with Gasteiger partial charge in [0.15, 0.2) is 0 Å². The highest BCUT2D eigenvalue weighted by Crippen LogP contribution is 2.34. The lowest BCUT2D eigenvalue weighted by Gasteiger charge is -2.26. The topological polar surface area (TPSA) is 157 Å². The van der Waals surface area contributed by atoms with E-state index >= 15 is 0 Å². The lowest BCUT2D eigenvalue weighted by atomic mass is 10.1. The maximum atomic E-state index is 13.8. The zero-order valence-electron chi connectivity index (χ0n) is 23.0. The first kappa shape index (κ1) is 31.0. The number of nitrogens with one attached hydrogen (secondary N) is 1. The Labute approximate surface area is 261 Å². The molecular weight excluding hydrogens is 628 g/mol. The van der Waals surface area contributed by atoms with Gasteiger partial charge in [-0.3, -0.25) is 14.9 Å². The second kappa shape index (κ2) is 13.0. The summed E-state index contributed by atoms with van der Waals surface area (Å²) in [5.74, 6) is -1.92. The zero-order chi connectivity index (χ0) is 31.4. The SMILES string of the molecule is N#Cc1cc(CN2CC[C@H](N(CC(=O)O)S(=O)(=O)c3ccc4c(Cl)c(NC(=O)OCc5ccccc5)ccc4c3)C2=O)cs1. The maximum absolute atomic E-state index is 13.8. The number of rotatable bonds is 10. The number of ether oxygens (including phenoxy) is 1. The van der Waals surface area contributed by atoms with Crippen molar-refractivity contribution in [1.82, 2.24) is 9.21 Å². The Bertz CT molecular complexity index is 1890. The third-order valence-corrected chi connectivity index (χ3v) is 10.2. The summed E-state index contributed by atoms with van der Waals surface area (Å²) in [5, 5.41) is 24.0. The smallest absolute Gasteiger partial charge is 0.412 e. The minimum Gasteiger partial charge on any atom is -0.480 e. The van der Waals surface area contributed by atoms with Crippen molar-refractivity contribution in [2.75, 3.05) is 18.4 Å². The molecule has 5 rings (SSSR count).